The predicted octanol–water partition coefficient (Wildman–Crippen LogP) is 2.89. The second-order valence-corrected chi connectivity index (χ2v) is 11.8. The number of nitrogens with one attached hydrogen (secondary N) is 3. The van der Waals surface area contributed by atoms with Crippen molar-refractivity contribution in [3.63, 3.8) is 0 Å². The summed E-state index contributed by atoms with van der Waals surface area (Å²) in [5.74, 6) is -1.04. The van der Waals surface area contributed by atoms with Gasteiger partial charge in [0, 0.05) is 30.4 Å². The summed E-state index contributed by atoms with van der Waals surface area (Å²) in [7, 11) is 2.44. The first-order valence-corrected chi connectivity index (χ1v) is 15.1. The van der Waals surface area contributed by atoms with Crippen molar-refractivity contribution in [3.8, 4) is 11.3 Å². The molecule has 1 aromatic heterocycles. The summed E-state index contributed by atoms with van der Waals surface area (Å²) >= 11 is 0. The van der Waals surface area contributed by atoms with Crippen molar-refractivity contribution < 1.29 is 33.8 Å². The van der Waals surface area contributed by atoms with E-state index in [0.29, 0.717) is 0 Å². The van der Waals surface area contributed by atoms with Gasteiger partial charge in [-0.1, -0.05) is 60.7 Å². The maximum Gasteiger partial charge on any atom is 0.410 e. The third-order valence-electron chi connectivity index (χ3n) is 7.17. The lowest BCUT2D eigenvalue weighted by Gasteiger charge is -2.35. The van der Waals surface area contributed by atoms with Gasteiger partial charge < -0.3 is 25.2 Å². The Morgan fingerprint density at radius 1 is 0.872 bits per heavy atom. The van der Waals surface area contributed by atoms with Crippen LogP contribution in [0.1, 0.15) is 31.9 Å². The number of rotatable bonds is 14. The van der Waals surface area contributed by atoms with E-state index in [-0.39, 0.29) is 32.6 Å². The molecule has 2 atom stereocenters. The Kier molecular flexibility index (Phi) is 13.7. The number of carbonyl (C=O) groups is 4. The van der Waals surface area contributed by atoms with Gasteiger partial charge in [-0.15, -0.1) is 0 Å². The molecule has 0 radical (unpaired) electrons. The standard InChI is InChI=1S/C34H44N6O7/c1-34(2,3)40(33(45)47-5)23-31(43)38-39(21-25-14-16-26(17-15-25)27-13-9-10-18-35-27)22-29(41)28(19-24-11-7-6-8-12-24)37-30(42)20-36-32(44)46-4/h6-18,28-29,41H,19-23H2,1-5H3,(H,36,44)(H,37,42)(H,38,43). The fraction of sp³-hybridized carbons (Fsp3) is 0.382. The summed E-state index contributed by atoms with van der Waals surface area (Å²) < 4.78 is 9.43. The van der Waals surface area contributed by atoms with Crippen LogP contribution in [-0.2, 0) is 32.0 Å². The largest absolute Gasteiger partial charge is 0.453 e. The van der Waals surface area contributed by atoms with Crippen molar-refractivity contribution in [2.45, 2.75) is 51.4 Å². The maximum absolute atomic E-state index is 13.3. The molecule has 252 valence electrons. The van der Waals surface area contributed by atoms with Gasteiger partial charge in [-0.05, 0) is 50.5 Å². The lowest BCUT2D eigenvalue weighted by Crippen LogP contribution is -2.56. The molecular formula is C34H44N6O7. The summed E-state index contributed by atoms with van der Waals surface area (Å²) in [6.07, 6.45) is -0.611. The Bertz CT molecular complexity index is 1450. The van der Waals surface area contributed by atoms with Crippen LogP contribution in [0, 0.1) is 0 Å². The predicted molar refractivity (Wildman–Crippen MR) is 176 cm³/mol. The Morgan fingerprint density at radius 2 is 1.55 bits per heavy atom. The van der Waals surface area contributed by atoms with Crippen LogP contribution in [0.15, 0.2) is 79.0 Å². The molecule has 4 N–H and O–H groups in total. The molecule has 0 aliphatic rings. The molecule has 0 aliphatic heterocycles. The molecule has 2 unspecified atom stereocenters. The molecule has 0 saturated heterocycles. The number of methoxy groups -OCH3 is 2. The average Bonchev–Trinajstić information content (AvgIpc) is 3.06. The van der Waals surface area contributed by atoms with E-state index in [2.05, 4.69) is 25.8 Å². The van der Waals surface area contributed by atoms with E-state index in [1.165, 1.54) is 24.1 Å². The fourth-order valence-corrected chi connectivity index (χ4v) is 4.71. The van der Waals surface area contributed by atoms with E-state index in [9.17, 15) is 24.3 Å². The van der Waals surface area contributed by atoms with Gasteiger partial charge >= 0.3 is 12.2 Å². The summed E-state index contributed by atoms with van der Waals surface area (Å²) in [5.41, 5.74) is 5.53. The van der Waals surface area contributed by atoms with E-state index in [4.69, 9.17) is 4.74 Å². The Hall–Kier alpha value is -5.01. The van der Waals surface area contributed by atoms with Crippen molar-refractivity contribution in [1.29, 1.82) is 0 Å². The highest BCUT2D eigenvalue weighted by atomic mass is 16.5. The number of hydrogen-bond acceptors (Lipinski definition) is 9. The highest BCUT2D eigenvalue weighted by Crippen LogP contribution is 2.18. The number of ether oxygens (including phenoxy) is 2. The van der Waals surface area contributed by atoms with Gasteiger partial charge in [0.05, 0.1) is 32.1 Å². The molecule has 3 rings (SSSR count). The van der Waals surface area contributed by atoms with Crippen LogP contribution < -0.4 is 16.1 Å². The van der Waals surface area contributed by atoms with Crippen molar-refractivity contribution in [1.82, 2.24) is 31.0 Å². The van der Waals surface area contributed by atoms with Crippen LogP contribution in [0.5, 0.6) is 0 Å². The molecule has 47 heavy (non-hydrogen) atoms. The number of amides is 4. The van der Waals surface area contributed by atoms with Gasteiger partial charge in [-0.3, -0.25) is 24.9 Å². The highest BCUT2D eigenvalue weighted by molar-refractivity contribution is 5.83. The molecule has 0 saturated carbocycles. The second kappa shape index (κ2) is 17.6. The topological polar surface area (TPSA) is 162 Å². The van der Waals surface area contributed by atoms with E-state index < -0.39 is 41.7 Å². The fourth-order valence-electron chi connectivity index (χ4n) is 4.71. The molecule has 13 nitrogen and oxygen atoms in total. The minimum absolute atomic E-state index is 0.0936. The van der Waals surface area contributed by atoms with E-state index in [1.807, 2.05) is 72.8 Å². The average molecular weight is 649 g/mol. The number of alkyl carbamates (subject to hydrolysis) is 1. The first-order valence-electron chi connectivity index (χ1n) is 15.1. The maximum atomic E-state index is 13.3. The van der Waals surface area contributed by atoms with Crippen LogP contribution >= 0.6 is 0 Å². The zero-order valence-electron chi connectivity index (χ0n) is 27.4. The lowest BCUT2D eigenvalue weighted by molar-refractivity contribution is -0.129. The van der Waals surface area contributed by atoms with E-state index >= 15 is 0 Å². The summed E-state index contributed by atoms with van der Waals surface area (Å²) in [6.45, 7) is 4.79. The van der Waals surface area contributed by atoms with Crippen LogP contribution in [0.2, 0.25) is 0 Å². The molecule has 2 aromatic carbocycles. The normalized spacial score (nSPS) is 12.4. The molecule has 13 heteroatoms. The van der Waals surface area contributed by atoms with Gasteiger partial charge in [-0.2, -0.15) is 0 Å². The molecule has 0 fully saturated rings. The zero-order valence-corrected chi connectivity index (χ0v) is 27.4. The monoisotopic (exact) mass is 648 g/mol. The Balaban J connectivity index is 1.84. The smallest absolute Gasteiger partial charge is 0.410 e. The van der Waals surface area contributed by atoms with Crippen molar-refractivity contribution in [2.24, 2.45) is 0 Å². The van der Waals surface area contributed by atoms with Crippen molar-refractivity contribution in [2.75, 3.05) is 33.9 Å². The molecule has 0 aliphatic carbocycles. The number of aromatic nitrogens is 1. The molecule has 3 aromatic rings. The van der Waals surface area contributed by atoms with Gasteiger partial charge in [0.15, 0.2) is 0 Å². The number of benzene rings is 2. The number of aliphatic hydroxyl groups is 1. The van der Waals surface area contributed by atoms with Gasteiger partial charge in [-0.25, -0.2) is 14.6 Å². The van der Waals surface area contributed by atoms with E-state index in [1.54, 1.807) is 27.0 Å². The van der Waals surface area contributed by atoms with Crippen molar-refractivity contribution in [3.05, 3.63) is 90.1 Å². The number of hydrogen-bond donors (Lipinski definition) is 4. The Morgan fingerprint density at radius 3 is 2.15 bits per heavy atom. The quantitative estimate of drug-likeness (QED) is 0.193. The summed E-state index contributed by atoms with van der Waals surface area (Å²) in [4.78, 5) is 55.7. The SMILES string of the molecule is COC(=O)NCC(=O)NC(Cc1ccccc1)C(O)CN(Cc1ccc(-c2ccccn2)cc1)NC(=O)CN(C(=O)OC)C(C)(C)C. The molecular weight excluding hydrogens is 604 g/mol. The third-order valence-corrected chi connectivity index (χ3v) is 7.17. The number of nitrogens with zero attached hydrogens (tertiary/aromatic N) is 3. The number of hydrazine groups is 1. The highest BCUT2D eigenvalue weighted by Gasteiger charge is 2.31. The van der Waals surface area contributed by atoms with Crippen LogP contribution in [-0.4, -0.2) is 95.5 Å². The summed E-state index contributed by atoms with van der Waals surface area (Å²) in [5, 5.41) is 18.2. The van der Waals surface area contributed by atoms with Gasteiger partial charge in [0.25, 0.3) is 5.91 Å². The minimum atomic E-state index is -1.18. The lowest BCUT2D eigenvalue weighted by atomic mass is 10.0. The van der Waals surface area contributed by atoms with Crippen LogP contribution in [0.4, 0.5) is 9.59 Å². The summed E-state index contributed by atoms with van der Waals surface area (Å²) in [6, 6.07) is 21.8. The minimum Gasteiger partial charge on any atom is -0.453 e. The molecule has 4 amide bonds. The van der Waals surface area contributed by atoms with Gasteiger partial charge in [0.1, 0.15) is 13.1 Å². The zero-order chi connectivity index (χ0) is 34.4. The second-order valence-electron chi connectivity index (χ2n) is 11.8. The van der Waals surface area contributed by atoms with Gasteiger partial charge in [0.2, 0.25) is 5.91 Å². The molecule has 0 bridgehead atoms. The molecule has 0 spiro atoms. The van der Waals surface area contributed by atoms with Crippen LogP contribution in [0.3, 0.4) is 0 Å². The van der Waals surface area contributed by atoms with Crippen LogP contribution in [0.25, 0.3) is 11.3 Å². The first-order chi connectivity index (χ1) is 22.4. The number of aliphatic hydroxyl groups excluding tert-OH is 1. The third kappa shape index (κ3) is 12.0. The Labute approximate surface area is 275 Å². The number of pyridine rings is 1. The number of carbonyl (C=O) groups excluding carboxylic acids is 4. The first kappa shape index (κ1) is 36.5. The van der Waals surface area contributed by atoms with Crippen molar-refractivity contribution >= 4 is 24.0 Å². The van der Waals surface area contributed by atoms with E-state index in [0.717, 1.165) is 22.4 Å². The molecule has 1 heterocycles.